The Morgan fingerprint density at radius 1 is 1.13 bits per heavy atom. The van der Waals surface area contributed by atoms with Gasteiger partial charge in [0.05, 0.1) is 31.0 Å². The third kappa shape index (κ3) is 5.84. The second kappa shape index (κ2) is 9.06. The molecule has 0 heterocycles. The molecule has 0 amide bonds. The maximum atomic E-state index is 10.1. The smallest absolute Gasteiger partial charge is 0.0995 e. The minimum atomic E-state index is -0.557. The zero-order chi connectivity index (χ0) is 16.5. The number of aliphatic hydroxyl groups excluding tert-OH is 1. The zero-order valence-electron chi connectivity index (χ0n) is 13.4. The molecule has 4 nitrogen and oxygen atoms in total. The minimum Gasteiger partial charge on any atom is -0.389 e. The van der Waals surface area contributed by atoms with Crippen molar-refractivity contribution in [3.8, 4) is 6.07 Å². The summed E-state index contributed by atoms with van der Waals surface area (Å²) >= 11 is 0. The van der Waals surface area contributed by atoms with E-state index in [0.29, 0.717) is 31.9 Å². The molecule has 0 aromatic heterocycles. The van der Waals surface area contributed by atoms with Gasteiger partial charge in [-0.25, -0.2) is 0 Å². The van der Waals surface area contributed by atoms with Gasteiger partial charge in [0.2, 0.25) is 0 Å². The van der Waals surface area contributed by atoms with Crippen molar-refractivity contribution >= 4 is 0 Å². The van der Waals surface area contributed by atoms with Crippen molar-refractivity contribution < 1.29 is 9.84 Å². The van der Waals surface area contributed by atoms with E-state index in [1.54, 1.807) is 0 Å². The third-order valence-corrected chi connectivity index (χ3v) is 3.52. The van der Waals surface area contributed by atoms with Gasteiger partial charge in [0.1, 0.15) is 0 Å². The number of nitriles is 1. The molecule has 0 fully saturated rings. The molecule has 2 aromatic rings. The third-order valence-electron chi connectivity index (χ3n) is 3.52. The van der Waals surface area contributed by atoms with Crippen LogP contribution in [-0.4, -0.2) is 36.3 Å². The highest BCUT2D eigenvalue weighted by molar-refractivity contribution is 5.37. The summed E-state index contributed by atoms with van der Waals surface area (Å²) in [6, 6.07) is 19.6. The van der Waals surface area contributed by atoms with Crippen molar-refractivity contribution in [2.75, 3.05) is 20.2 Å². The highest BCUT2D eigenvalue weighted by atomic mass is 16.5. The Kier molecular flexibility index (Phi) is 6.76. The predicted molar refractivity (Wildman–Crippen MR) is 89.6 cm³/mol. The van der Waals surface area contributed by atoms with Gasteiger partial charge in [0.25, 0.3) is 0 Å². The van der Waals surface area contributed by atoms with E-state index in [1.165, 1.54) is 0 Å². The maximum absolute atomic E-state index is 10.1. The highest BCUT2D eigenvalue weighted by Gasteiger charge is 2.10. The summed E-state index contributed by atoms with van der Waals surface area (Å²) in [4.78, 5) is 1.99. The van der Waals surface area contributed by atoms with Crippen molar-refractivity contribution in [3.63, 3.8) is 0 Å². The van der Waals surface area contributed by atoms with Gasteiger partial charge >= 0.3 is 0 Å². The fraction of sp³-hybridized carbons (Fsp3) is 0.316. The lowest BCUT2D eigenvalue weighted by molar-refractivity contribution is 0.0127. The summed E-state index contributed by atoms with van der Waals surface area (Å²) in [6.07, 6.45) is -0.557. The van der Waals surface area contributed by atoms with Crippen LogP contribution >= 0.6 is 0 Å². The number of nitrogens with zero attached hydrogens (tertiary/aromatic N) is 2. The molecular weight excluding hydrogens is 288 g/mol. The molecular formula is C19H22N2O2. The van der Waals surface area contributed by atoms with E-state index in [9.17, 15) is 5.11 Å². The van der Waals surface area contributed by atoms with Gasteiger partial charge in [-0.15, -0.1) is 0 Å². The van der Waals surface area contributed by atoms with Gasteiger partial charge in [-0.2, -0.15) is 5.26 Å². The number of ether oxygens (including phenoxy) is 1. The first-order valence-electron chi connectivity index (χ1n) is 7.65. The molecule has 0 spiro atoms. The van der Waals surface area contributed by atoms with Crippen molar-refractivity contribution in [3.05, 3.63) is 71.3 Å². The summed E-state index contributed by atoms with van der Waals surface area (Å²) < 4.78 is 5.55. The molecule has 120 valence electrons. The first kappa shape index (κ1) is 17.2. The van der Waals surface area contributed by atoms with Crippen LogP contribution in [0.4, 0.5) is 0 Å². The Hall–Kier alpha value is -2.19. The molecule has 0 aliphatic heterocycles. The highest BCUT2D eigenvalue weighted by Crippen LogP contribution is 2.10. The molecule has 4 heteroatoms. The largest absolute Gasteiger partial charge is 0.389 e. The van der Waals surface area contributed by atoms with Crippen molar-refractivity contribution in [2.24, 2.45) is 0 Å². The minimum absolute atomic E-state index is 0.291. The van der Waals surface area contributed by atoms with Crippen LogP contribution in [0.25, 0.3) is 0 Å². The van der Waals surface area contributed by atoms with Crippen molar-refractivity contribution in [1.82, 2.24) is 4.90 Å². The van der Waals surface area contributed by atoms with E-state index in [-0.39, 0.29) is 0 Å². The standard InChI is InChI=1S/C19H22N2O2/c1-21(12-18-10-6-5-9-17(18)11-20)13-19(22)15-23-14-16-7-3-2-4-8-16/h2-10,19,22H,12-15H2,1H3/t19-/m0/s1. The molecule has 0 aliphatic rings. The Balaban J connectivity index is 1.74. The lowest BCUT2D eigenvalue weighted by atomic mass is 10.1. The first-order valence-corrected chi connectivity index (χ1v) is 7.65. The van der Waals surface area contributed by atoms with Gasteiger partial charge in [0, 0.05) is 13.1 Å². The monoisotopic (exact) mass is 310 g/mol. The fourth-order valence-electron chi connectivity index (χ4n) is 2.42. The van der Waals surface area contributed by atoms with Gasteiger partial charge in [0.15, 0.2) is 0 Å². The second-order valence-electron chi connectivity index (χ2n) is 5.62. The number of rotatable bonds is 8. The first-order chi connectivity index (χ1) is 11.2. The van der Waals surface area contributed by atoms with Crippen LogP contribution in [0, 0.1) is 11.3 Å². The van der Waals surface area contributed by atoms with E-state index in [2.05, 4.69) is 6.07 Å². The summed E-state index contributed by atoms with van der Waals surface area (Å²) in [5, 5.41) is 19.2. The number of hydrogen-bond donors (Lipinski definition) is 1. The molecule has 0 unspecified atom stereocenters. The zero-order valence-corrected chi connectivity index (χ0v) is 13.4. The van der Waals surface area contributed by atoms with Crippen LogP contribution in [0.3, 0.4) is 0 Å². The average molecular weight is 310 g/mol. The second-order valence-corrected chi connectivity index (χ2v) is 5.62. The van der Waals surface area contributed by atoms with Crippen LogP contribution in [0.5, 0.6) is 0 Å². The van der Waals surface area contributed by atoms with Gasteiger partial charge in [-0.05, 0) is 24.2 Å². The van der Waals surface area contributed by atoms with Crippen LogP contribution in [0.15, 0.2) is 54.6 Å². The summed E-state index contributed by atoms with van der Waals surface area (Å²) in [5.74, 6) is 0. The molecule has 1 N–H and O–H groups in total. The quantitative estimate of drug-likeness (QED) is 0.814. The molecule has 0 saturated carbocycles. The predicted octanol–water partition coefficient (Wildman–Crippen LogP) is 2.57. The number of likely N-dealkylation sites (N-methyl/N-ethyl adjacent to an activating group) is 1. The van der Waals surface area contributed by atoms with Crippen LogP contribution in [-0.2, 0) is 17.9 Å². The SMILES string of the molecule is CN(Cc1ccccc1C#N)C[C@H](O)COCc1ccccc1. The van der Waals surface area contributed by atoms with Gasteiger partial charge in [-0.1, -0.05) is 48.5 Å². The van der Waals surface area contributed by atoms with E-state index >= 15 is 0 Å². The number of aliphatic hydroxyl groups is 1. The Bertz CT molecular complexity index is 637. The van der Waals surface area contributed by atoms with Gasteiger partial charge in [-0.3, -0.25) is 4.90 Å². The van der Waals surface area contributed by atoms with Crippen LogP contribution in [0.2, 0.25) is 0 Å². The molecule has 0 radical (unpaired) electrons. The molecule has 2 rings (SSSR count). The van der Waals surface area contributed by atoms with E-state index < -0.39 is 6.10 Å². The number of benzene rings is 2. The average Bonchev–Trinajstić information content (AvgIpc) is 2.56. The Labute approximate surface area is 137 Å². The van der Waals surface area contributed by atoms with E-state index in [4.69, 9.17) is 10.00 Å². The molecule has 0 aliphatic carbocycles. The van der Waals surface area contributed by atoms with Crippen molar-refractivity contribution in [1.29, 1.82) is 5.26 Å². The van der Waals surface area contributed by atoms with Crippen molar-refractivity contribution in [2.45, 2.75) is 19.3 Å². The maximum Gasteiger partial charge on any atom is 0.0995 e. The van der Waals surface area contributed by atoms with E-state index in [1.807, 2.05) is 66.5 Å². The molecule has 23 heavy (non-hydrogen) atoms. The molecule has 1 atom stereocenters. The molecule has 0 saturated heterocycles. The van der Waals surface area contributed by atoms with Gasteiger partial charge < -0.3 is 9.84 Å². The molecule has 2 aromatic carbocycles. The number of hydrogen-bond acceptors (Lipinski definition) is 4. The van der Waals surface area contributed by atoms with E-state index in [0.717, 1.165) is 11.1 Å². The normalized spacial score (nSPS) is 12.1. The summed E-state index contributed by atoms with van der Waals surface area (Å²) in [7, 11) is 1.93. The fourth-order valence-corrected chi connectivity index (χ4v) is 2.42. The Morgan fingerprint density at radius 3 is 2.57 bits per heavy atom. The lowest BCUT2D eigenvalue weighted by Gasteiger charge is -2.21. The lowest BCUT2D eigenvalue weighted by Crippen LogP contribution is -2.32. The topological polar surface area (TPSA) is 56.5 Å². The molecule has 0 bridgehead atoms. The van der Waals surface area contributed by atoms with Crippen LogP contribution in [0.1, 0.15) is 16.7 Å². The Morgan fingerprint density at radius 2 is 1.83 bits per heavy atom. The van der Waals surface area contributed by atoms with Crippen LogP contribution < -0.4 is 0 Å². The summed E-state index contributed by atoms with van der Waals surface area (Å²) in [5.41, 5.74) is 2.74. The summed E-state index contributed by atoms with van der Waals surface area (Å²) in [6.45, 7) is 1.91.